The summed E-state index contributed by atoms with van der Waals surface area (Å²) in [4.78, 5) is -0.469. The van der Waals surface area contributed by atoms with Crippen molar-refractivity contribution < 1.29 is 30.7 Å². The van der Waals surface area contributed by atoms with Gasteiger partial charge in [-0.2, -0.15) is 21.6 Å². The summed E-state index contributed by atoms with van der Waals surface area (Å²) in [6, 6.07) is 0. The van der Waals surface area contributed by atoms with E-state index in [0.717, 1.165) is 0 Å². The fraction of sp³-hybridized carbons (Fsp3) is 1.00. The standard InChI is InChI=1S/C2H3F3N2O4S/c1-7(8)6-11-12(9,10)2(3,4)5/h1H3. The zero-order valence-corrected chi connectivity index (χ0v) is 6.39. The van der Waals surface area contributed by atoms with Crippen molar-refractivity contribution in [3.63, 3.8) is 0 Å². The van der Waals surface area contributed by atoms with Crippen LogP contribution >= 0.6 is 0 Å². The summed E-state index contributed by atoms with van der Waals surface area (Å²) in [6.07, 6.45) is 0. The van der Waals surface area contributed by atoms with Gasteiger partial charge in [-0.15, -0.1) is 0 Å². The van der Waals surface area contributed by atoms with E-state index in [-0.39, 0.29) is 0 Å². The predicted molar refractivity (Wildman–Crippen MR) is 28.0 cm³/mol. The maximum Gasteiger partial charge on any atom is 0.536 e. The van der Waals surface area contributed by atoms with Crippen molar-refractivity contribution in [1.82, 2.24) is 0 Å². The van der Waals surface area contributed by atoms with Crippen molar-refractivity contribution in [2.24, 2.45) is 5.28 Å². The summed E-state index contributed by atoms with van der Waals surface area (Å²) in [5.41, 5.74) is -5.58. The smallest absolute Gasteiger partial charge is 0.536 e. The van der Waals surface area contributed by atoms with Gasteiger partial charge in [0.05, 0.1) is 0 Å². The van der Waals surface area contributed by atoms with Crippen LogP contribution in [0.4, 0.5) is 13.2 Å². The maximum atomic E-state index is 11.4. The van der Waals surface area contributed by atoms with Crippen LogP contribution in [0.15, 0.2) is 5.28 Å². The van der Waals surface area contributed by atoms with Gasteiger partial charge < -0.3 is 5.21 Å². The highest BCUT2D eigenvalue weighted by molar-refractivity contribution is 7.87. The SMILES string of the molecule is C[N+]([O-])=NOS(=O)(=O)C(F)(F)F. The van der Waals surface area contributed by atoms with Crippen LogP contribution in [0.5, 0.6) is 0 Å². The summed E-state index contributed by atoms with van der Waals surface area (Å²) in [6.45, 7) is 0. The number of rotatable bonds is 2. The lowest BCUT2D eigenvalue weighted by Gasteiger charge is -2.01. The van der Waals surface area contributed by atoms with Crippen LogP contribution in [-0.2, 0) is 14.4 Å². The Hall–Kier alpha value is -1.06. The lowest BCUT2D eigenvalue weighted by molar-refractivity contribution is -0.522. The lowest BCUT2D eigenvalue weighted by atomic mass is 11.5. The number of nitrogens with zero attached hydrogens (tertiary/aromatic N) is 2. The molecule has 0 rings (SSSR count). The highest BCUT2D eigenvalue weighted by atomic mass is 32.2. The maximum absolute atomic E-state index is 11.4. The minimum atomic E-state index is -5.80. The van der Waals surface area contributed by atoms with Crippen LogP contribution in [-0.4, -0.2) is 25.8 Å². The molecule has 0 aromatic heterocycles. The van der Waals surface area contributed by atoms with E-state index in [2.05, 4.69) is 4.28 Å². The van der Waals surface area contributed by atoms with Crippen LogP contribution in [0, 0.1) is 5.21 Å². The van der Waals surface area contributed by atoms with E-state index in [0.29, 0.717) is 7.05 Å². The van der Waals surface area contributed by atoms with E-state index in [9.17, 15) is 26.8 Å². The molecule has 0 N–H and O–H groups in total. The molecular formula is C2H3F3N2O4S. The van der Waals surface area contributed by atoms with Crippen LogP contribution in [0.25, 0.3) is 0 Å². The predicted octanol–water partition coefficient (Wildman–Crippen LogP) is 0.360. The van der Waals surface area contributed by atoms with Gasteiger partial charge in [-0.1, -0.05) is 4.86 Å². The molecular weight excluding hydrogens is 205 g/mol. The van der Waals surface area contributed by atoms with E-state index >= 15 is 0 Å². The van der Waals surface area contributed by atoms with Gasteiger partial charge >= 0.3 is 15.6 Å². The van der Waals surface area contributed by atoms with E-state index in [1.807, 2.05) is 5.28 Å². The molecule has 0 saturated heterocycles. The van der Waals surface area contributed by atoms with Crippen LogP contribution in [0.1, 0.15) is 0 Å². The van der Waals surface area contributed by atoms with Crippen LogP contribution in [0.3, 0.4) is 0 Å². The Morgan fingerprint density at radius 3 is 2.17 bits per heavy atom. The summed E-state index contributed by atoms with van der Waals surface area (Å²) in [7, 11) is -5.14. The zero-order valence-electron chi connectivity index (χ0n) is 5.57. The van der Waals surface area contributed by atoms with Gasteiger partial charge in [0.1, 0.15) is 0 Å². The minimum Gasteiger partial charge on any atom is -0.598 e. The molecule has 0 radical (unpaired) electrons. The Labute approximate surface area is 64.9 Å². The Bertz CT molecular complexity index is 275. The molecule has 10 heteroatoms. The van der Waals surface area contributed by atoms with E-state index in [4.69, 9.17) is 0 Å². The highest BCUT2D eigenvalue weighted by Gasteiger charge is 2.49. The molecule has 0 bridgehead atoms. The molecule has 0 aliphatic rings. The average molecular weight is 208 g/mol. The van der Waals surface area contributed by atoms with Gasteiger partial charge in [-0.3, -0.25) is 0 Å². The monoisotopic (exact) mass is 208 g/mol. The third-order valence-electron chi connectivity index (χ3n) is 0.530. The normalized spacial score (nSPS) is 14.5. The van der Waals surface area contributed by atoms with Gasteiger partial charge in [0, 0.05) is 0 Å². The van der Waals surface area contributed by atoms with Crippen molar-refractivity contribution in [3.05, 3.63) is 5.21 Å². The third kappa shape index (κ3) is 2.90. The second-order valence-electron chi connectivity index (χ2n) is 1.52. The van der Waals surface area contributed by atoms with Gasteiger partial charge in [0.25, 0.3) is 0 Å². The van der Waals surface area contributed by atoms with Crippen molar-refractivity contribution in [2.45, 2.75) is 5.51 Å². The molecule has 0 saturated carbocycles. The molecule has 0 atom stereocenters. The Balaban J connectivity index is 4.59. The fourth-order valence-electron chi connectivity index (χ4n) is 0.133. The molecule has 6 nitrogen and oxygen atoms in total. The highest BCUT2D eigenvalue weighted by Crippen LogP contribution is 2.24. The first kappa shape index (κ1) is 10.9. The molecule has 0 amide bonds. The first-order chi connectivity index (χ1) is 5.17. The zero-order chi connectivity index (χ0) is 9.99. The summed E-state index contributed by atoms with van der Waals surface area (Å²) >= 11 is 0. The van der Waals surface area contributed by atoms with Crippen molar-refractivity contribution in [1.29, 1.82) is 0 Å². The Kier molecular flexibility index (Phi) is 2.85. The van der Waals surface area contributed by atoms with Crippen LogP contribution < -0.4 is 0 Å². The number of hydrogen-bond acceptors (Lipinski definition) is 5. The van der Waals surface area contributed by atoms with E-state index < -0.39 is 20.5 Å². The van der Waals surface area contributed by atoms with Gasteiger partial charge in [0.15, 0.2) is 7.05 Å². The second kappa shape index (κ2) is 3.13. The molecule has 0 aliphatic heterocycles. The number of hydroxylamine groups is 1. The molecule has 0 fully saturated rings. The second-order valence-corrected chi connectivity index (χ2v) is 3.04. The van der Waals surface area contributed by atoms with Gasteiger partial charge in [0.2, 0.25) is 5.28 Å². The lowest BCUT2D eigenvalue weighted by Crippen LogP contribution is -2.24. The largest absolute Gasteiger partial charge is 0.598 e. The number of hydrogen-bond donors (Lipinski definition) is 0. The molecule has 0 heterocycles. The molecule has 0 spiro atoms. The first-order valence-electron chi connectivity index (χ1n) is 2.28. The van der Waals surface area contributed by atoms with Crippen molar-refractivity contribution in [3.8, 4) is 0 Å². The fourth-order valence-corrected chi connectivity index (χ4v) is 0.399. The summed E-state index contributed by atoms with van der Waals surface area (Å²) in [5, 5.41) is 11.8. The summed E-state index contributed by atoms with van der Waals surface area (Å²) < 4.78 is 57.0. The molecule has 0 aromatic rings. The van der Waals surface area contributed by atoms with Crippen molar-refractivity contribution in [2.75, 3.05) is 7.05 Å². The molecule has 0 unspecified atom stereocenters. The molecule has 12 heavy (non-hydrogen) atoms. The van der Waals surface area contributed by atoms with E-state index in [1.54, 1.807) is 0 Å². The quantitative estimate of drug-likeness (QED) is 0.284. The summed E-state index contributed by atoms with van der Waals surface area (Å²) in [5.74, 6) is 0. The van der Waals surface area contributed by atoms with Crippen LogP contribution in [0.2, 0.25) is 0 Å². The average Bonchev–Trinajstić information content (AvgIpc) is 1.81. The molecule has 0 aromatic carbocycles. The number of halogens is 3. The first-order valence-corrected chi connectivity index (χ1v) is 3.69. The van der Waals surface area contributed by atoms with E-state index in [1.165, 1.54) is 0 Å². The van der Waals surface area contributed by atoms with Gasteiger partial charge in [-0.05, 0) is 0 Å². The third-order valence-corrected chi connectivity index (χ3v) is 1.36. The Morgan fingerprint density at radius 2 is 1.92 bits per heavy atom. The molecule has 0 aliphatic carbocycles. The number of alkyl halides is 3. The van der Waals surface area contributed by atoms with Gasteiger partial charge in [-0.25, -0.2) is 4.28 Å². The topological polar surface area (TPSA) is 81.8 Å². The minimum absolute atomic E-state index is 0.469. The van der Waals surface area contributed by atoms with Crippen molar-refractivity contribution >= 4 is 10.1 Å². The Morgan fingerprint density at radius 1 is 1.50 bits per heavy atom. The molecule has 72 valence electrons.